The van der Waals surface area contributed by atoms with Gasteiger partial charge in [-0.3, -0.25) is 0 Å². The van der Waals surface area contributed by atoms with E-state index in [1.807, 2.05) is 22.6 Å². The summed E-state index contributed by atoms with van der Waals surface area (Å²) in [7, 11) is 0. The second kappa shape index (κ2) is 4.76. The van der Waals surface area contributed by atoms with Gasteiger partial charge in [-0.25, -0.2) is 4.99 Å². The van der Waals surface area contributed by atoms with Crippen molar-refractivity contribution in [3.05, 3.63) is 10.3 Å². The highest BCUT2D eigenvalue weighted by Gasteiger charge is 1.74. The summed E-state index contributed by atoms with van der Waals surface area (Å²) in [5.74, 6) is 0.220. The molecular formula is C4H6IN3. The lowest BCUT2D eigenvalue weighted by molar-refractivity contribution is 1.51. The maximum Gasteiger partial charge on any atom is 0.141 e. The summed E-state index contributed by atoms with van der Waals surface area (Å²) >= 11 is 2.02. The Bertz CT molecular complexity index is 127. The third kappa shape index (κ3) is 3.79. The first-order valence-corrected chi connectivity index (χ1v) is 3.15. The van der Waals surface area contributed by atoms with Crippen LogP contribution in [-0.2, 0) is 0 Å². The van der Waals surface area contributed by atoms with Gasteiger partial charge in [0.1, 0.15) is 5.84 Å². The quantitative estimate of drug-likeness (QED) is 0.407. The van der Waals surface area contributed by atoms with Crippen LogP contribution in [0.1, 0.15) is 0 Å². The van der Waals surface area contributed by atoms with E-state index in [1.165, 1.54) is 6.20 Å². The molecule has 0 aromatic rings. The maximum atomic E-state index is 6.57. The summed E-state index contributed by atoms with van der Waals surface area (Å²) in [4.78, 5) is 3.62. The molecule has 0 atom stereocenters. The molecule has 0 heterocycles. The third-order valence-corrected chi connectivity index (χ3v) is 0.749. The van der Waals surface area contributed by atoms with E-state index in [9.17, 15) is 0 Å². The van der Waals surface area contributed by atoms with Crippen LogP contribution in [0.25, 0.3) is 0 Å². The summed E-state index contributed by atoms with van der Waals surface area (Å²) in [5.41, 5.74) is 5.11. The molecule has 44 valence electrons. The number of amidine groups is 1. The van der Waals surface area contributed by atoms with Crippen LogP contribution in [0, 0.1) is 5.41 Å². The van der Waals surface area contributed by atoms with Gasteiger partial charge in [0.05, 0.1) is 6.21 Å². The van der Waals surface area contributed by atoms with E-state index in [4.69, 9.17) is 11.1 Å². The molecule has 4 heteroatoms. The molecule has 0 amide bonds. The van der Waals surface area contributed by atoms with Crippen molar-refractivity contribution in [2.75, 3.05) is 0 Å². The van der Waals surface area contributed by atoms with Crippen molar-refractivity contribution in [3.8, 4) is 0 Å². The molecule has 3 N–H and O–H groups in total. The Morgan fingerprint density at radius 2 is 2.38 bits per heavy atom. The number of halogens is 1. The van der Waals surface area contributed by atoms with E-state index in [2.05, 4.69) is 4.99 Å². The number of nitrogens with one attached hydrogen (secondary N) is 1. The van der Waals surface area contributed by atoms with Gasteiger partial charge in [-0.05, 0) is 4.08 Å². The van der Waals surface area contributed by atoms with Crippen molar-refractivity contribution < 1.29 is 0 Å². The highest BCUT2D eigenvalue weighted by atomic mass is 127. The average Bonchev–Trinajstić information content (AvgIpc) is 1.83. The van der Waals surface area contributed by atoms with E-state index in [0.29, 0.717) is 0 Å². The number of hydrogen-bond donors (Lipinski definition) is 2. The molecule has 0 aromatic carbocycles. The molecular weight excluding hydrogens is 217 g/mol. The first-order valence-electron chi connectivity index (χ1n) is 1.90. The van der Waals surface area contributed by atoms with Crippen LogP contribution < -0.4 is 5.73 Å². The highest BCUT2D eigenvalue weighted by Crippen LogP contribution is 1.82. The first-order chi connectivity index (χ1) is 3.81. The van der Waals surface area contributed by atoms with Crippen molar-refractivity contribution in [3.63, 3.8) is 0 Å². The Morgan fingerprint density at radius 3 is 2.75 bits per heavy atom. The van der Waals surface area contributed by atoms with E-state index < -0.39 is 0 Å². The predicted octanol–water partition coefficient (Wildman–Crippen LogP) is 0.899. The fourth-order valence-corrected chi connectivity index (χ4v) is 0.312. The highest BCUT2D eigenvalue weighted by molar-refractivity contribution is 14.1. The van der Waals surface area contributed by atoms with Crippen LogP contribution in [0.2, 0.25) is 0 Å². The van der Waals surface area contributed by atoms with Gasteiger partial charge in [0.2, 0.25) is 0 Å². The monoisotopic (exact) mass is 223 g/mol. The second-order valence-corrected chi connectivity index (χ2v) is 1.69. The van der Waals surface area contributed by atoms with Gasteiger partial charge in [-0.1, -0.05) is 22.6 Å². The van der Waals surface area contributed by atoms with Crippen molar-refractivity contribution >= 4 is 34.6 Å². The zero-order valence-electron chi connectivity index (χ0n) is 4.13. The van der Waals surface area contributed by atoms with Gasteiger partial charge >= 0.3 is 0 Å². The topological polar surface area (TPSA) is 62.2 Å². The lowest BCUT2D eigenvalue weighted by Crippen LogP contribution is -2.10. The lowest BCUT2D eigenvalue weighted by atomic mass is 10.7. The van der Waals surface area contributed by atoms with Crippen LogP contribution in [0.3, 0.4) is 0 Å². The number of hydrogen-bond acceptors (Lipinski definition) is 2. The fraction of sp³-hybridized carbons (Fsp3) is 0. The Balaban J connectivity index is 3.74. The molecule has 0 radical (unpaired) electrons. The molecule has 0 bridgehead atoms. The molecule has 0 saturated heterocycles. The Morgan fingerprint density at radius 1 is 1.75 bits per heavy atom. The van der Waals surface area contributed by atoms with Gasteiger partial charge in [-0.2, -0.15) is 0 Å². The van der Waals surface area contributed by atoms with Crippen LogP contribution >= 0.6 is 22.6 Å². The zero-order chi connectivity index (χ0) is 6.41. The molecule has 3 nitrogen and oxygen atoms in total. The van der Waals surface area contributed by atoms with E-state index in [-0.39, 0.29) is 5.84 Å². The molecule has 8 heavy (non-hydrogen) atoms. The Hall–Kier alpha value is -0.390. The molecule has 0 aliphatic rings. The smallest absolute Gasteiger partial charge is 0.141 e. The molecule has 0 aromatic heterocycles. The fourth-order valence-electron chi connectivity index (χ4n) is 0.152. The van der Waals surface area contributed by atoms with Crippen molar-refractivity contribution in [2.24, 2.45) is 10.7 Å². The van der Waals surface area contributed by atoms with Crippen LogP contribution in [0.15, 0.2) is 15.3 Å². The van der Waals surface area contributed by atoms with Gasteiger partial charge < -0.3 is 11.1 Å². The molecule has 0 saturated carbocycles. The van der Waals surface area contributed by atoms with Gasteiger partial charge in [0.15, 0.2) is 0 Å². The number of nitrogens with zero attached hydrogens (tertiary/aromatic N) is 1. The van der Waals surface area contributed by atoms with Gasteiger partial charge in [-0.15, -0.1) is 0 Å². The Kier molecular flexibility index (Phi) is 4.53. The van der Waals surface area contributed by atoms with E-state index in [1.54, 1.807) is 4.08 Å². The summed E-state index contributed by atoms with van der Waals surface area (Å²) in [6.45, 7) is 0. The van der Waals surface area contributed by atoms with Crippen molar-refractivity contribution in [1.82, 2.24) is 0 Å². The van der Waals surface area contributed by atoms with Crippen LogP contribution in [0.4, 0.5) is 0 Å². The molecule has 0 spiro atoms. The van der Waals surface area contributed by atoms with Gasteiger partial charge in [0.25, 0.3) is 0 Å². The number of nitrogens with two attached hydrogens (primary N) is 1. The minimum absolute atomic E-state index is 0.220. The molecule has 0 rings (SSSR count). The summed E-state index contributed by atoms with van der Waals surface area (Å²) < 4.78 is 1.72. The normalized spacial score (nSPS) is 12.4. The minimum Gasteiger partial charge on any atom is -0.382 e. The van der Waals surface area contributed by atoms with Crippen molar-refractivity contribution in [2.45, 2.75) is 0 Å². The molecule has 0 unspecified atom stereocenters. The zero-order valence-corrected chi connectivity index (χ0v) is 6.29. The summed E-state index contributed by atoms with van der Waals surface area (Å²) in [6.07, 6.45) is 2.53. The summed E-state index contributed by atoms with van der Waals surface area (Å²) in [5, 5.41) is 6.57. The van der Waals surface area contributed by atoms with Crippen LogP contribution in [-0.4, -0.2) is 12.1 Å². The maximum absolute atomic E-state index is 6.57. The van der Waals surface area contributed by atoms with E-state index in [0.717, 1.165) is 6.21 Å². The first kappa shape index (κ1) is 7.61. The summed E-state index contributed by atoms with van der Waals surface area (Å²) in [6, 6.07) is 0. The second-order valence-electron chi connectivity index (χ2n) is 0.973. The third-order valence-electron chi connectivity index (χ3n) is 0.428. The lowest BCUT2D eigenvalue weighted by Gasteiger charge is -1.80. The predicted molar refractivity (Wildman–Crippen MR) is 43.6 cm³/mol. The molecule has 0 fully saturated rings. The van der Waals surface area contributed by atoms with Crippen molar-refractivity contribution in [1.29, 1.82) is 5.41 Å². The number of rotatable bonds is 2. The minimum atomic E-state index is 0.220. The Labute approximate surface area is 61.3 Å². The standard InChI is InChI=1S/C4H6IN3/c5-1-2-8-4(7)3-6/h1-3,6H,(H2,7,8)/b2-1-,6-3?. The molecule has 0 aliphatic carbocycles. The largest absolute Gasteiger partial charge is 0.382 e. The van der Waals surface area contributed by atoms with E-state index >= 15 is 0 Å². The van der Waals surface area contributed by atoms with Crippen LogP contribution in [0.5, 0.6) is 0 Å². The molecule has 0 aliphatic heterocycles. The number of aliphatic imine (C=N–C) groups is 1. The van der Waals surface area contributed by atoms with Gasteiger partial charge in [0, 0.05) is 6.20 Å². The SMILES string of the molecule is N=CC(N)=N/C=C\I. The average molecular weight is 223 g/mol.